The van der Waals surface area contributed by atoms with Crippen molar-refractivity contribution in [2.45, 2.75) is 84.3 Å². The average Bonchev–Trinajstić information content (AvgIpc) is 2.52. The fraction of sp³-hybridized carbons (Fsp3) is 0.812. The number of nitrogens with zero attached hydrogens (tertiary/aromatic N) is 2. The summed E-state index contributed by atoms with van der Waals surface area (Å²) in [6.07, 6.45) is 0. The summed E-state index contributed by atoms with van der Waals surface area (Å²) in [4.78, 5) is 40.6. The van der Waals surface area contributed by atoms with Crippen LogP contribution in [0.4, 0.5) is 4.79 Å². The van der Waals surface area contributed by atoms with Crippen LogP contribution in [0.2, 0.25) is 78.6 Å². The van der Waals surface area contributed by atoms with E-state index in [9.17, 15) is 14.4 Å². The fourth-order valence-electron chi connectivity index (χ4n) is 3.02. The number of amides is 3. The molecule has 0 aromatic heterocycles. The van der Waals surface area contributed by atoms with E-state index < -0.39 is 56.7 Å². The lowest BCUT2D eigenvalue weighted by molar-refractivity contribution is -0.169. The van der Waals surface area contributed by atoms with Gasteiger partial charge in [0.1, 0.15) is 0 Å². The quantitative estimate of drug-likeness (QED) is 0.350. The standard InChI is InChI=1S/C16H36N2O5Si4/c1-24(2,3)17-13(19)16(23-27(10,11)12,14(20)22-26(7,8)9)18(15(17)21)25(4,5)6/h1-12H3. The summed E-state index contributed by atoms with van der Waals surface area (Å²) in [5, 5.41) is 0. The van der Waals surface area contributed by atoms with Gasteiger partial charge in [0.2, 0.25) is 8.32 Å². The van der Waals surface area contributed by atoms with Gasteiger partial charge < -0.3 is 13.4 Å². The predicted octanol–water partition coefficient (Wildman–Crippen LogP) is 3.85. The second-order valence-electron chi connectivity index (χ2n) is 11.0. The van der Waals surface area contributed by atoms with E-state index in [0.717, 1.165) is 0 Å². The van der Waals surface area contributed by atoms with Crippen molar-refractivity contribution >= 4 is 51.0 Å². The number of hydrogen-bond acceptors (Lipinski definition) is 5. The van der Waals surface area contributed by atoms with E-state index >= 15 is 0 Å². The molecule has 1 saturated heterocycles. The number of hydrogen-bond donors (Lipinski definition) is 0. The Morgan fingerprint density at radius 1 is 0.778 bits per heavy atom. The van der Waals surface area contributed by atoms with E-state index in [4.69, 9.17) is 8.85 Å². The zero-order chi connectivity index (χ0) is 21.8. The molecule has 11 heteroatoms. The molecule has 3 amide bonds. The molecule has 0 aliphatic carbocycles. The minimum Gasteiger partial charge on any atom is -0.516 e. The first-order valence-electron chi connectivity index (χ1n) is 9.27. The number of carbonyl (C=O) groups is 3. The fourth-order valence-corrected chi connectivity index (χ4v) is 8.34. The third-order valence-corrected chi connectivity index (χ3v) is 8.95. The van der Waals surface area contributed by atoms with Crippen LogP contribution in [0, 0.1) is 0 Å². The topological polar surface area (TPSA) is 76.1 Å². The highest BCUT2D eigenvalue weighted by Crippen LogP contribution is 2.40. The Hall–Kier alpha value is -0.762. The molecule has 1 heterocycles. The first kappa shape index (κ1) is 24.3. The summed E-state index contributed by atoms with van der Waals surface area (Å²) < 4.78 is 14.8. The van der Waals surface area contributed by atoms with E-state index in [2.05, 4.69) is 0 Å². The molecule has 1 fully saturated rings. The zero-order valence-corrected chi connectivity index (χ0v) is 22.9. The van der Waals surface area contributed by atoms with Crippen LogP contribution in [0.5, 0.6) is 0 Å². The molecular weight excluding hydrogens is 413 g/mol. The van der Waals surface area contributed by atoms with Gasteiger partial charge in [-0.1, -0.05) is 39.3 Å². The summed E-state index contributed by atoms with van der Waals surface area (Å²) in [5.41, 5.74) is -1.99. The maximum atomic E-state index is 13.7. The Labute approximate surface area is 167 Å². The highest BCUT2D eigenvalue weighted by atomic mass is 28.4. The van der Waals surface area contributed by atoms with Crippen LogP contribution in [-0.4, -0.2) is 65.9 Å². The number of imide groups is 1. The molecule has 1 unspecified atom stereocenters. The first-order valence-corrected chi connectivity index (χ1v) is 23.0. The van der Waals surface area contributed by atoms with Gasteiger partial charge in [0.15, 0.2) is 24.8 Å². The van der Waals surface area contributed by atoms with E-state index in [0.29, 0.717) is 0 Å². The van der Waals surface area contributed by atoms with Crippen molar-refractivity contribution in [1.82, 2.24) is 9.13 Å². The van der Waals surface area contributed by atoms with Crippen LogP contribution in [0.3, 0.4) is 0 Å². The minimum atomic E-state index is -2.47. The molecule has 1 aliphatic rings. The number of rotatable bonds is 6. The number of carbonyl (C=O) groups excluding carboxylic acids is 3. The third-order valence-electron chi connectivity index (χ3n) is 3.66. The molecule has 7 nitrogen and oxygen atoms in total. The Balaban J connectivity index is 3.80. The van der Waals surface area contributed by atoms with Crippen LogP contribution in [0.1, 0.15) is 0 Å². The first-order chi connectivity index (χ1) is 11.6. The summed E-state index contributed by atoms with van der Waals surface area (Å²) in [6.45, 7) is 22.9. The van der Waals surface area contributed by atoms with Crippen molar-refractivity contribution in [3.63, 3.8) is 0 Å². The largest absolute Gasteiger partial charge is 0.516 e. The van der Waals surface area contributed by atoms with Gasteiger partial charge in [-0.2, -0.15) is 0 Å². The van der Waals surface area contributed by atoms with E-state index in [1.807, 2.05) is 78.6 Å². The molecule has 0 bridgehead atoms. The van der Waals surface area contributed by atoms with Crippen LogP contribution in [-0.2, 0) is 18.4 Å². The molecule has 0 aromatic rings. The van der Waals surface area contributed by atoms with Gasteiger partial charge in [-0.3, -0.25) is 9.36 Å². The lowest BCUT2D eigenvalue weighted by Crippen LogP contribution is -2.69. The molecule has 1 atom stereocenters. The average molecular weight is 449 g/mol. The second kappa shape index (κ2) is 6.93. The third kappa shape index (κ3) is 4.99. The molecule has 0 saturated carbocycles. The van der Waals surface area contributed by atoms with E-state index in [1.165, 1.54) is 9.13 Å². The van der Waals surface area contributed by atoms with Crippen LogP contribution >= 0.6 is 0 Å². The molecule has 0 spiro atoms. The van der Waals surface area contributed by atoms with Gasteiger partial charge in [-0.05, 0) is 39.3 Å². The maximum Gasteiger partial charge on any atom is 0.355 e. The molecule has 0 N–H and O–H groups in total. The normalized spacial score (nSPS) is 22.5. The highest BCUT2D eigenvalue weighted by molar-refractivity contribution is 6.82. The lowest BCUT2D eigenvalue weighted by Gasteiger charge is -2.44. The summed E-state index contributed by atoms with van der Waals surface area (Å²) >= 11 is 0. The maximum absolute atomic E-state index is 13.7. The van der Waals surface area contributed by atoms with Gasteiger partial charge >= 0.3 is 17.7 Å². The van der Waals surface area contributed by atoms with Gasteiger partial charge in [-0.15, -0.1) is 0 Å². The molecule has 1 aliphatic heterocycles. The zero-order valence-electron chi connectivity index (χ0n) is 18.9. The smallest absolute Gasteiger partial charge is 0.355 e. The van der Waals surface area contributed by atoms with Crippen molar-refractivity contribution in [1.29, 1.82) is 0 Å². The van der Waals surface area contributed by atoms with Crippen molar-refractivity contribution in [2.75, 3.05) is 0 Å². The summed E-state index contributed by atoms with van der Waals surface area (Å²) in [7, 11) is -9.57. The molecule has 1 rings (SSSR count). The van der Waals surface area contributed by atoms with E-state index in [1.54, 1.807) is 0 Å². The van der Waals surface area contributed by atoms with Crippen molar-refractivity contribution in [3.05, 3.63) is 0 Å². The van der Waals surface area contributed by atoms with Crippen LogP contribution in [0.15, 0.2) is 0 Å². The minimum absolute atomic E-state index is 0.413. The molecular formula is C16H36N2O5Si4. The Kier molecular flexibility index (Phi) is 6.24. The van der Waals surface area contributed by atoms with Gasteiger partial charge in [0.05, 0.1) is 0 Å². The van der Waals surface area contributed by atoms with Gasteiger partial charge in [0.25, 0.3) is 5.91 Å². The van der Waals surface area contributed by atoms with Crippen LogP contribution < -0.4 is 0 Å². The lowest BCUT2D eigenvalue weighted by atomic mass is 10.2. The van der Waals surface area contributed by atoms with Gasteiger partial charge in [-0.25, -0.2) is 9.59 Å². The molecule has 0 aromatic carbocycles. The Bertz CT molecular complexity index is 643. The van der Waals surface area contributed by atoms with Crippen molar-refractivity contribution < 1.29 is 23.2 Å². The molecule has 156 valence electrons. The van der Waals surface area contributed by atoms with Crippen LogP contribution in [0.25, 0.3) is 0 Å². The molecule has 27 heavy (non-hydrogen) atoms. The van der Waals surface area contributed by atoms with Gasteiger partial charge in [0, 0.05) is 0 Å². The Morgan fingerprint density at radius 3 is 1.52 bits per heavy atom. The predicted molar refractivity (Wildman–Crippen MR) is 117 cm³/mol. The summed E-state index contributed by atoms with van der Waals surface area (Å²) in [5.74, 6) is -1.30. The number of urea groups is 1. The highest BCUT2D eigenvalue weighted by Gasteiger charge is 2.70. The van der Waals surface area contributed by atoms with E-state index in [-0.39, 0.29) is 0 Å². The Morgan fingerprint density at radius 2 is 1.22 bits per heavy atom. The SMILES string of the molecule is C[Si](C)(C)OC(=O)C1(O[Si](C)(C)C)C(=O)N([Si](C)(C)C)C(=O)N1[Si](C)(C)C. The van der Waals surface area contributed by atoms with Crippen molar-refractivity contribution in [2.24, 2.45) is 0 Å². The summed E-state index contributed by atoms with van der Waals surface area (Å²) in [6, 6.07) is -0.413. The van der Waals surface area contributed by atoms with Crippen molar-refractivity contribution in [3.8, 4) is 0 Å². The monoisotopic (exact) mass is 448 g/mol. The second-order valence-corrected chi connectivity index (χ2v) is 29.4. The molecule has 0 radical (unpaired) electrons.